The number of carbonyl (C=O) groups is 2. The van der Waals surface area contributed by atoms with Gasteiger partial charge in [0, 0.05) is 19.6 Å². The summed E-state index contributed by atoms with van der Waals surface area (Å²) in [5.41, 5.74) is 0. The SMILES string of the molecule is CCCS(=O)(=O)N1CCCCC1C(=O)N1CCC(C(=O)O)C(C)C1. The number of carbonyl (C=O) groups excluding carboxylic acids is 1. The Bertz CT molecular complexity index is 577. The number of piperidine rings is 2. The number of carboxylic acid groups (broad SMARTS) is 1. The molecule has 0 saturated carbocycles. The molecule has 24 heavy (non-hydrogen) atoms. The summed E-state index contributed by atoms with van der Waals surface area (Å²) in [7, 11) is -3.41. The Morgan fingerprint density at radius 2 is 1.88 bits per heavy atom. The summed E-state index contributed by atoms with van der Waals surface area (Å²) in [6.45, 7) is 4.83. The summed E-state index contributed by atoms with van der Waals surface area (Å²) < 4.78 is 26.3. The van der Waals surface area contributed by atoms with Crippen molar-refractivity contribution in [3.05, 3.63) is 0 Å². The average Bonchev–Trinajstić information content (AvgIpc) is 2.53. The zero-order valence-corrected chi connectivity index (χ0v) is 15.3. The molecule has 2 heterocycles. The minimum atomic E-state index is -3.41. The van der Waals surface area contributed by atoms with Crippen molar-refractivity contribution in [2.24, 2.45) is 11.8 Å². The number of carboxylic acids is 1. The topological polar surface area (TPSA) is 95.0 Å². The van der Waals surface area contributed by atoms with Gasteiger partial charge in [-0.05, 0) is 31.6 Å². The zero-order valence-electron chi connectivity index (χ0n) is 14.5. The van der Waals surface area contributed by atoms with Crippen LogP contribution in [0.4, 0.5) is 0 Å². The first-order valence-electron chi connectivity index (χ1n) is 8.79. The van der Waals surface area contributed by atoms with Crippen molar-refractivity contribution in [3.8, 4) is 0 Å². The van der Waals surface area contributed by atoms with Crippen molar-refractivity contribution in [1.82, 2.24) is 9.21 Å². The van der Waals surface area contributed by atoms with Crippen LogP contribution in [-0.2, 0) is 19.6 Å². The number of nitrogens with zero attached hydrogens (tertiary/aromatic N) is 2. The van der Waals surface area contributed by atoms with Crippen LogP contribution in [-0.4, -0.2) is 66.0 Å². The molecule has 138 valence electrons. The number of hydrogen-bond donors (Lipinski definition) is 1. The maximum Gasteiger partial charge on any atom is 0.306 e. The smallest absolute Gasteiger partial charge is 0.306 e. The molecule has 0 aromatic rings. The number of likely N-dealkylation sites (tertiary alicyclic amines) is 1. The van der Waals surface area contributed by atoms with Crippen molar-refractivity contribution >= 4 is 21.9 Å². The van der Waals surface area contributed by atoms with Crippen LogP contribution in [0.5, 0.6) is 0 Å². The van der Waals surface area contributed by atoms with E-state index in [1.54, 1.807) is 4.90 Å². The van der Waals surface area contributed by atoms with Crippen molar-refractivity contribution < 1.29 is 23.1 Å². The third-order valence-electron chi connectivity index (χ3n) is 5.09. The highest BCUT2D eigenvalue weighted by atomic mass is 32.2. The molecule has 0 aliphatic carbocycles. The minimum absolute atomic E-state index is 0.0638. The molecule has 7 nitrogen and oxygen atoms in total. The fraction of sp³-hybridized carbons (Fsp3) is 0.875. The number of hydrogen-bond acceptors (Lipinski definition) is 4. The number of sulfonamides is 1. The van der Waals surface area contributed by atoms with E-state index in [9.17, 15) is 23.1 Å². The van der Waals surface area contributed by atoms with Gasteiger partial charge in [-0.15, -0.1) is 0 Å². The van der Waals surface area contributed by atoms with Crippen molar-refractivity contribution in [3.63, 3.8) is 0 Å². The minimum Gasteiger partial charge on any atom is -0.481 e. The molecule has 2 rings (SSSR count). The van der Waals surface area contributed by atoms with Crippen LogP contribution in [0.25, 0.3) is 0 Å². The van der Waals surface area contributed by atoms with E-state index >= 15 is 0 Å². The van der Waals surface area contributed by atoms with E-state index in [0.717, 1.165) is 12.8 Å². The summed E-state index contributed by atoms with van der Waals surface area (Å²) in [6.07, 6.45) is 3.13. The molecule has 1 N–H and O–H groups in total. The molecule has 2 fully saturated rings. The summed E-state index contributed by atoms with van der Waals surface area (Å²) in [4.78, 5) is 25.8. The van der Waals surface area contributed by atoms with Crippen LogP contribution in [0.15, 0.2) is 0 Å². The van der Waals surface area contributed by atoms with Crippen molar-refractivity contribution in [2.45, 2.75) is 52.0 Å². The van der Waals surface area contributed by atoms with Gasteiger partial charge in [0.05, 0.1) is 11.7 Å². The lowest BCUT2D eigenvalue weighted by atomic mass is 9.86. The van der Waals surface area contributed by atoms with Crippen LogP contribution in [0.2, 0.25) is 0 Å². The van der Waals surface area contributed by atoms with Gasteiger partial charge >= 0.3 is 5.97 Å². The van der Waals surface area contributed by atoms with Crippen LogP contribution in [0.3, 0.4) is 0 Å². The first kappa shape index (κ1) is 19.2. The molecule has 0 aromatic carbocycles. The van der Waals surface area contributed by atoms with Gasteiger partial charge in [0.1, 0.15) is 6.04 Å². The summed E-state index contributed by atoms with van der Waals surface area (Å²) in [5.74, 6) is -1.47. The average molecular weight is 360 g/mol. The summed E-state index contributed by atoms with van der Waals surface area (Å²) in [6, 6.07) is -0.621. The van der Waals surface area contributed by atoms with Crippen LogP contribution in [0.1, 0.15) is 46.0 Å². The standard InChI is InChI=1S/C16H28N2O5S/c1-3-10-24(22,23)18-8-5-4-6-14(18)15(19)17-9-7-13(16(20)21)12(2)11-17/h12-14H,3-11H2,1-2H3,(H,20,21). The van der Waals surface area contributed by atoms with Gasteiger partial charge in [-0.1, -0.05) is 20.3 Å². The quantitative estimate of drug-likeness (QED) is 0.793. The van der Waals surface area contributed by atoms with E-state index < -0.39 is 28.0 Å². The van der Waals surface area contributed by atoms with E-state index in [1.165, 1.54) is 4.31 Å². The Morgan fingerprint density at radius 3 is 2.46 bits per heavy atom. The van der Waals surface area contributed by atoms with Gasteiger partial charge in [0.15, 0.2) is 0 Å². The molecule has 2 aliphatic rings. The first-order valence-corrected chi connectivity index (χ1v) is 10.4. The molecule has 2 aliphatic heterocycles. The van der Waals surface area contributed by atoms with Crippen LogP contribution >= 0.6 is 0 Å². The first-order chi connectivity index (χ1) is 11.3. The Labute approximate surface area is 144 Å². The molecule has 3 atom stereocenters. The van der Waals surface area contributed by atoms with Crippen molar-refractivity contribution in [2.75, 3.05) is 25.4 Å². The maximum absolute atomic E-state index is 12.9. The largest absolute Gasteiger partial charge is 0.481 e. The number of rotatable bonds is 5. The number of amides is 1. The van der Waals surface area contributed by atoms with Gasteiger partial charge in [0.25, 0.3) is 0 Å². The molecule has 0 spiro atoms. The molecule has 3 unspecified atom stereocenters. The Morgan fingerprint density at radius 1 is 1.17 bits per heavy atom. The van der Waals surface area contributed by atoms with E-state index in [2.05, 4.69) is 0 Å². The molecule has 1 amide bonds. The molecular weight excluding hydrogens is 332 g/mol. The molecule has 0 aromatic heterocycles. The second-order valence-electron chi connectivity index (χ2n) is 6.93. The van der Waals surface area contributed by atoms with Crippen LogP contribution in [0, 0.1) is 11.8 Å². The zero-order chi connectivity index (χ0) is 17.9. The maximum atomic E-state index is 12.9. The lowest BCUT2D eigenvalue weighted by molar-refractivity contribution is -0.149. The fourth-order valence-corrected chi connectivity index (χ4v) is 5.52. The van der Waals surface area contributed by atoms with Gasteiger partial charge in [0.2, 0.25) is 15.9 Å². The third-order valence-corrected chi connectivity index (χ3v) is 7.17. The summed E-state index contributed by atoms with van der Waals surface area (Å²) in [5, 5.41) is 9.20. The van der Waals surface area contributed by atoms with E-state index in [4.69, 9.17) is 0 Å². The lowest BCUT2D eigenvalue weighted by Crippen LogP contribution is -2.56. The highest BCUT2D eigenvalue weighted by molar-refractivity contribution is 7.89. The van der Waals surface area contributed by atoms with Gasteiger partial charge in [-0.25, -0.2) is 8.42 Å². The molecule has 2 saturated heterocycles. The Hall–Kier alpha value is -1.15. The molecular formula is C16H28N2O5S. The van der Waals surface area contributed by atoms with E-state index in [0.29, 0.717) is 38.9 Å². The van der Waals surface area contributed by atoms with E-state index in [-0.39, 0.29) is 17.6 Å². The van der Waals surface area contributed by atoms with Gasteiger partial charge < -0.3 is 10.0 Å². The van der Waals surface area contributed by atoms with E-state index in [1.807, 2.05) is 13.8 Å². The molecule has 0 radical (unpaired) electrons. The highest BCUT2D eigenvalue weighted by Gasteiger charge is 2.40. The molecule has 0 bridgehead atoms. The second-order valence-corrected chi connectivity index (χ2v) is 8.97. The highest BCUT2D eigenvalue weighted by Crippen LogP contribution is 2.28. The lowest BCUT2D eigenvalue weighted by Gasteiger charge is -2.40. The predicted octanol–water partition coefficient (Wildman–Crippen LogP) is 1.15. The third kappa shape index (κ3) is 4.08. The van der Waals surface area contributed by atoms with Gasteiger partial charge in [-0.3, -0.25) is 9.59 Å². The van der Waals surface area contributed by atoms with Gasteiger partial charge in [-0.2, -0.15) is 4.31 Å². The monoisotopic (exact) mass is 360 g/mol. The second kappa shape index (κ2) is 7.82. The van der Waals surface area contributed by atoms with Crippen LogP contribution < -0.4 is 0 Å². The number of aliphatic carboxylic acids is 1. The summed E-state index contributed by atoms with van der Waals surface area (Å²) >= 11 is 0. The Kier molecular flexibility index (Phi) is 6.25. The Balaban J connectivity index is 2.11. The predicted molar refractivity (Wildman–Crippen MR) is 89.9 cm³/mol. The fourth-order valence-electron chi connectivity index (χ4n) is 3.78. The molecule has 8 heteroatoms. The normalized spacial score (nSPS) is 29.4. The van der Waals surface area contributed by atoms with Crippen molar-refractivity contribution in [1.29, 1.82) is 0 Å².